The predicted octanol–water partition coefficient (Wildman–Crippen LogP) is 4.71. The molecule has 0 fully saturated rings. The molecule has 1 nitrogen and oxygen atoms in total. The molecule has 0 aliphatic rings. The maximum absolute atomic E-state index is 6.04. The highest BCUT2D eigenvalue weighted by Gasteiger charge is 2.16. The van der Waals surface area contributed by atoms with E-state index >= 15 is 0 Å². The fourth-order valence-corrected chi connectivity index (χ4v) is 2.22. The zero-order chi connectivity index (χ0) is 11.0. The van der Waals surface area contributed by atoms with Crippen molar-refractivity contribution in [2.45, 2.75) is 65.6 Å². The number of hydrogen-bond acceptors (Lipinski definition) is 1. The van der Waals surface area contributed by atoms with Gasteiger partial charge in [-0.3, -0.25) is 0 Å². The van der Waals surface area contributed by atoms with Gasteiger partial charge in [-0.25, -0.2) is 0 Å². The third kappa shape index (κ3) is 8.36. The Labute approximate surface area is 90.7 Å². The molecule has 0 saturated carbocycles. The van der Waals surface area contributed by atoms with Crippen LogP contribution in [0.5, 0.6) is 0 Å². The van der Waals surface area contributed by atoms with E-state index < -0.39 is 8.32 Å². The molecule has 14 heavy (non-hydrogen) atoms. The van der Waals surface area contributed by atoms with Gasteiger partial charge < -0.3 is 4.43 Å². The van der Waals surface area contributed by atoms with E-state index in [2.05, 4.69) is 39.6 Å². The molecule has 0 bridgehead atoms. The van der Waals surface area contributed by atoms with Crippen molar-refractivity contribution in [2.75, 3.05) is 0 Å². The van der Waals surface area contributed by atoms with Crippen LogP contribution in [0.25, 0.3) is 0 Å². The molecule has 0 atom stereocenters. The minimum Gasteiger partial charge on any atom is -0.548 e. The van der Waals surface area contributed by atoms with Gasteiger partial charge in [0.05, 0.1) is 5.76 Å². The Bertz CT molecular complexity index is 168. The zero-order valence-electron chi connectivity index (χ0n) is 10.5. The lowest BCUT2D eigenvalue weighted by Crippen LogP contribution is -2.24. The maximum atomic E-state index is 6.04. The smallest absolute Gasteiger partial charge is 0.241 e. The monoisotopic (exact) mass is 214 g/mol. The Hall–Kier alpha value is -0.243. The lowest BCUT2D eigenvalue weighted by atomic mass is 10.2. The molecule has 0 aromatic carbocycles. The van der Waals surface area contributed by atoms with Crippen LogP contribution in [0.3, 0.4) is 0 Å². The average molecular weight is 214 g/mol. The molecule has 2 heteroatoms. The summed E-state index contributed by atoms with van der Waals surface area (Å²) in [6.07, 6.45) is 8.28. The van der Waals surface area contributed by atoms with Gasteiger partial charge in [-0.05, 0) is 38.6 Å². The van der Waals surface area contributed by atoms with Crippen LogP contribution in [0.15, 0.2) is 11.8 Å². The van der Waals surface area contributed by atoms with Gasteiger partial charge in [0, 0.05) is 6.42 Å². The van der Waals surface area contributed by atoms with Crippen LogP contribution >= 0.6 is 0 Å². The summed E-state index contributed by atoms with van der Waals surface area (Å²) in [4.78, 5) is 0. The van der Waals surface area contributed by atoms with Crippen LogP contribution in [0.1, 0.15) is 46.0 Å². The summed E-state index contributed by atoms with van der Waals surface area (Å²) in [6, 6.07) is 0. The Kier molecular flexibility index (Phi) is 6.98. The van der Waals surface area contributed by atoms with Gasteiger partial charge in [-0.2, -0.15) is 0 Å². The van der Waals surface area contributed by atoms with Crippen molar-refractivity contribution in [3.8, 4) is 0 Å². The van der Waals surface area contributed by atoms with E-state index in [9.17, 15) is 0 Å². The molecule has 0 radical (unpaired) electrons. The van der Waals surface area contributed by atoms with Crippen molar-refractivity contribution in [3.05, 3.63) is 11.8 Å². The maximum Gasteiger partial charge on any atom is 0.241 e. The van der Waals surface area contributed by atoms with Crippen LogP contribution < -0.4 is 0 Å². The lowest BCUT2D eigenvalue weighted by Gasteiger charge is -2.22. The van der Waals surface area contributed by atoms with Gasteiger partial charge in [0.2, 0.25) is 8.32 Å². The lowest BCUT2D eigenvalue weighted by molar-refractivity contribution is 0.391. The van der Waals surface area contributed by atoms with Gasteiger partial charge in [-0.1, -0.05) is 26.7 Å². The second kappa shape index (κ2) is 7.10. The van der Waals surface area contributed by atoms with Gasteiger partial charge in [0.1, 0.15) is 0 Å². The van der Waals surface area contributed by atoms with Crippen molar-refractivity contribution in [1.82, 2.24) is 0 Å². The Morgan fingerprint density at radius 1 is 1.14 bits per heavy atom. The topological polar surface area (TPSA) is 9.23 Å². The normalized spacial score (nSPS) is 13.1. The number of hydrogen-bond donors (Lipinski definition) is 0. The molecule has 0 aromatic heterocycles. The molecule has 0 heterocycles. The Morgan fingerprint density at radius 3 is 2.21 bits per heavy atom. The van der Waals surface area contributed by atoms with Crippen LogP contribution in [0.4, 0.5) is 0 Å². The SMILES string of the molecule is CCC/C=C(\CCCC)O[Si](C)(C)C. The van der Waals surface area contributed by atoms with E-state index in [1.165, 1.54) is 25.0 Å². The molecule has 0 rings (SSSR count). The van der Waals surface area contributed by atoms with Crippen LogP contribution in [-0.2, 0) is 4.43 Å². The first-order valence-corrected chi connectivity index (χ1v) is 9.28. The number of allylic oxidation sites excluding steroid dienone is 2. The number of unbranched alkanes of at least 4 members (excludes halogenated alkanes) is 2. The summed E-state index contributed by atoms with van der Waals surface area (Å²) in [5, 5.41) is 0. The summed E-state index contributed by atoms with van der Waals surface area (Å²) in [5.41, 5.74) is 0. The minimum atomic E-state index is -1.39. The van der Waals surface area contributed by atoms with E-state index in [1.54, 1.807) is 0 Å². The molecule has 84 valence electrons. The minimum absolute atomic E-state index is 1.13. The first kappa shape index (κ1) is 13.8. The third-order valence-electron chi connectivity index (χ3n) is 1.87. The highest BCUT2D eigenvalue weighted by atomic mass is 28.4. The second-order valence-electron chi connectivity index (χ2n) is 4.78. The molecule has 0 spiro atoms. The highest BCUT2D eigenvalue weighted by Crippen LogP contribution is 2.17. The average Bonchev–Trinajstić information content (AvgIpc) is 2.07. The first-order chi connectivity index (χ1) is 6.49. The summed E-state index contributed by atoms with van der Waals surface area (Å²) < 4.78 is 6.04. The van der Waals surface area contributed by atoms with E-state index in [0.29, 0.717) is 0 Å². The molecule has 0 unspecified atom stereocenters. The van der Waals surface area contributed by atoms with Crippen LogP contribution in [0, 0.1) is 0 Å². The standard InChI is InChI=1S/C12H26OSi/c1-6-8-10-12(11-9-7-2)13-14(3,4)5/h10H,6-9,11H2,1-5H3/b12-10+. The third-order valence-corrected chi connectivity index (χ3v) is 2.75. The number of rotatable bonds is 7. The first-order valence-electron chi connectivity index (χ1n) is 5.87. The summed E-state index contributed by atoms with van der Waals surface area (Å²) >= 11 is 0. The summed E-state index contributed by atoms with van der Waals surface area (Å²) in [6.45, 7) is 11.2. The van der Waals surface area contributed by atoms with Crippen molar-refractivity contribution in [1.29, 1.82) is 0 Å². The van der Waals surface area contributed by atoms with Crippen molar-refractivity contribution in [3.63, 3.8) is 0 Å². The quantitative estimate of drug-likeness (QED) is 0.440. The van der Waals surface area contributed by atoms with E-state index in [0.717, 1.165) is 12.8 Å². The fraction of sp³-hybridized carbons (Fsp3) is 0.833. The van der Waals surface area contributed by atoms with Gasteiger partial charge >= 0.3 is 0 Å². The molecule has 0 amide bonds. The van der Waals surface area contributed by atoms with E-state index in [4.69, 9.17) is 4.43 Å². The second-order valence-corrected chi connectivity index (χ2v) is 9.21. The van der Waals surface area contributed by atoms with E-state index in [1.807, 2.05) is 0 Å². The van der Waals surface area contributed by atoms with Crippen LogP contribution in [-0.4, -0.2) is 8.32 Å². The van der Waals surface area contributed by atoms with Crippen LogP contribution in [0.2, 0.25) is 19.6 Å². The summed E-state index contributed by atoms with van der Waals surface area (Å²) in [7, 11) is -1.39. The molecule has 0 aliphatic heterocycles. The fourth-order valence-electron chi connectivity index (χ4n) is 1.24. The highest BCUT2D eigenvalue weighted by molar-refractivity contribution is 6.70. The summed E-state index contributed by atoms with van der Waals surface area (Å²) in [5.74, 6) is 1.24. The van der Waals surface area contributed by atoms with Crippen molar-refractivity contribution in [2.24, 2.45) is 0 Å². The molecule has 0 aliphatic carbocycles. The van der Waals surface area contributed by atoms with Gasteiger partial charge in [0.25, 0.3) is 0 Å². The molecule has 0 saturated heterocycles. The van der Waals surface area contributed by atoms with Crippen molar-refractivity contribution < 1.29 is 4.43 Å². The molecule has 0 N–H and O–H groups in total. The Morgan fingerprint density at radius 2 is 1.79 bits per heavy atom. The zero-order valence-corrected chi connectivity index (χ0v) is 11.5. The van der Waals surface area contributed by atoms with Crippen molar-refractivity contribution >= 4 is 8.32 Å². The van der Waals surface area contributed by atoms with Gasteiger partial charge in [-0.15, -0.1) is 0 Å². The van der Waals surface area contributed by atoms with Gasteiger partial charge in [0.15, 0.2) is 0 Å². The molecular formula is C12H26OSi. The molecular weight excluding hydrogens is 188 g/mol. The predicted molar refractivity (Wildman–Crippen MR) is 66.9 cm³/mol. The largest absolute Gasteiger partial charge is 0.548 e. The Balaban J connectivity index is 4.10. The molecule has 0 aromatic rings. The van der Waals surface area contributed by atoms with E-state index in [-0.39, 0.29) is 0 Å².